The zero-order valence-corrected chi connectivity index (χ0v) is 16.0. The molecule has 1 heterocycles. The third-order valence-corrected chi connectivity index (χ3v) is 7.96. The highest BCUT2D eigenvalue weighted by Crippen LogP contribution is 2.27. The first-order valence-electron chi connectivity index (χ1n) is 8.75. The number of hydrogen-bond acceptors (Lipinski definition) is 4. The van der Waals surface area contributed by atoms with E-state index in [1.165, 1.54) is 23.5 Å². The van der Waals surface area contributed by atoms with Gasteiger partial charge in [0.05, 0.1) is 17.0 Å². The molecule has 1 aromatic heterocycles. The third kappa shape index (κ3) is 4.71. The Balaban J connectivity index is 1.67. The highest BCUT2D eigenvalue weighted by molar-refractivity contribution is 7.92. The second kappa shape index (κ2) is 8.31. The van der Waals surface area contributed by atoms with Crippen molar-refractivity contribution in [2.75, 3.05) is 5.75 Å². The highest BCUT2D eigenvalue weighted by atomic mass is 32.2. The van der Waals surface area contributed by atoms with E-state index in [1.54, 1.807) is 12.1 Å². The monoisotopic (exact) mass is 395 g/mol. The lowest BCUT2D eigenvalue weighted by Crippen LogP contribution is -2.31. The molecule has 140 valence electrons. The largest absolute Gasteiger partial charge is 0.344 e. The lowest BCUT2D eigenvalue weighted by Gasteiger charge is -2.18. The molecule has 0 saturated heterocycles. The molecule has 7 heteroatoms. The molecule has 1 amide bonds. The van der Waals surface area contributed by atoms with Crippen molar-refractivity contribution in [3.8, 4) is 0 Å². The molecule has 0 aliphatic heterocycles. The molecule has 1 N–H and O–H groups in total. The minimum atomic E-state index is -3.22. The van der Waals surface area contributed by atoms with E-state index in [1.807, 2.05) is 17.5 Å². The number of nitrogens with one attached hydrogen (secondary N) is 1. The normalized spacial score (nSPS) is 16.5. The second-order valence-electron chi connectivity index (χ2n) is 6.59. The van der Waals surface area contributed by atoms with Gasteiger partial charge in [-0.1, -0.05) is 31.0 Å². The molecular formula is C19H22FNO3S2. The standard InChI is InChI=1S/C19H22FNO3S2/c20-15-9-7-14(8-10-15)19(17-6-3-12-25-17)21-18(22)11-13-26(23,24)16-4-1-2-5-16/h3,6-10,12,16,19H,1-2,4-5,11,13H2,(H,21,22). The predicted molar refractivity (Wildman–Crippen MR) is 101 cm³/mol. The van der Waals surface area contributed by atoms with Gasteiger partial charge in [-0.3, -0.25) is 4.79 Å². The summed E-state index contributed by atoms with van der Waals surface area (Å²) >= 11 is 1.49. The van der Waals surface area contributed by atoms with Crippen molar-refractivity contribution in [3.05, 3.63) is 58.0 Å². The van der Waals surface area contributed by atoms with E-state index < -0.39 is 15.9 Å². The van der Waals surface area contributed by atoms with Crippen molar-refractivity contribution in [1.82, 2.24) is 5.32 Å². The molecule has 0 radical (unpaired) electrons. The van der Waals surface area contributed by atoms with E-state index >= 15 is 0 Å². The Morgan fingerprint density at radius 2 is 1.88 bits per heavy atom. The summed E-state index contributed by atoms with van der Waals surface area (Å²) in [4.78, 5) is 13.3. The van der Waals surface area contributed by atoms with E-state index in [2.05, 4.69) is 5.32 Å². The van der Waals surface area contributed by atoms with Crippen LogP contribution in [0.5, 0.6) is 0 Å². The fraction of sp³-hybridized carbons (Fsp3) is 0.421. The molecule has 2 aromatic rings. The van der Waals surface area contributed by atoms with Crippen LogP contribution in [0.3, 0.4) is 0 Å². The van der Waals surface area contributed by atoms with Gasteiger partial charge in [0.2, 0.25) is 5.91 Å². The summed E-state index contributed by atoms with van der Waals surface area (Å²) in [6.07, 6.45) is 3.25. The van der Waals surface area contributed by atoms with Crippen LogP contribution in [0.15, 0.2) is 41.8 Å². The van der Waals surface area contributed by atoms with Crippen molar-refractivity contribution in [3.63, 3.8) is 0 Å². The van der Waals surface area contributed by atoms with E-state index in [9.17, 15) is 17.6 Å². The molecule has 1 aliphatic rings. The summed E-state index contributed by atoms with van der Waals surface area (Å²) in [6, 6.07) is 9.35. The molecule has 1 saturated carbocycles. The van der Waals surface area contributed by atoms with Gasteiger partial charge in [0.25, 0.3) is 0 Å². The smallest absolute Gasteiger partial charge is 0.221 e. The number of amides is 1. The molecule has 4 nitrogen and oxygen atoms in total. The van der Waals surface area contributed by atoms with E-state index in [4.69, 9.17) is 0 Å². The molecule has 0 bridgehead atoms. The molecular weight excluding hydrogens is 373 g/mol. The van der Waals surface area contributed by atoms with Crippen LogP contribution in [0.4, 0.5) is 4.39 Å². The average molecular weight is 396 g/mol. The third-order valence-electron chi connectivity index (χ3n) is 4.76. The van der Waals surface area contributed by atoms with Gasteiger partial charge in [0, 0.05) is 11.3 Å². The molecule has 3 rings (SSSR count). The SMILES string of the molecule is O=C(CCS(=O)(=O)C1CCCC1)NC(c1ccc(F)cc1)c1cccs1. The van der Waals surface area contributed by atoms with E-state index in [0.717, 1.165) is 23.3 Å². The number of halogens is 1. The predicted octanol–water partition coefficient (Wildman–Crippen LogP) is 3.84. The summed E-state index contributed by atoms with van der Waals surface area (Å²) in [7, 11) is -3.22. The van der Waals surface area contributed by atoms with Crippen molar-refractivity contribution in [2.45, 2.75) is 43.4 Å². The summed E-state index contributed by atoms with van der Waals surface area (Å²) < 4.78 is 37.9. The van der Waals surface area contributed by atoms with Gasteiger partial charge in [0.15, 0.2) is 9.84 Å². The number of sulfone groups is 1. The average Bonchev–Trinajstić information content (AvgIpc) is 3.32. The summed E-state index contributed by atoms with van der Waals surface area (Å²) in [6.45, 7) is 0. The lowest BCUT2D eigenvalue weighted by atomic mass is 10.1. The first kappa shape index (κ1) is 19.0. The first-order valence-corrected chi connectivity index (χ1v) is 11.3. The maximum atomic E-state index is 13.2. The van der Waals surface area contributed by atoms with Crippen molar-refractivity contribution >= 4 is 27.1 Å². The van der Waals surface area contributed by atoms with Gasteiger partial charge in [-0.15, -0.1) is 11.3 Å². The lowest BCUT2D eigenvalue weighted by molar-refractivity contribution is -0.121. The summed E-state index contributed by atoms with van der Waals surface area (Å²) in [5.74, 6) is -0.772. The number of carbonyl (C=O) groups is 1. The van der Waals surface area contributed by atoms with Crippen LogP contribution in [0.2, 0.25) is 0 Å². The van der Waals surface area contributed by atoms with Crippen LogP contribution in [0, 0.1) is 5.82 Å². The Morgan fingerprint density at radius 3 is 2.50 bits per heavy atom. The maximum absolute atomic E-state index is 13.2. The van der Waals surface area contributed by atoms with Gasteiger partial charge in [-0.05, 0) is 42.0 Å². The quantitative estimate of drug-likeness (QED) is 0.775. The Hall–Kier alpha value is -1.73. The number of hydrogen-bond donors (Lipinski definition) is 1. The molecule has 1 aliphatic carbocycles. The van der Waals surface area contributed by atoms with Crippen LogP contribution in [0.25, 0.3) is 0 Å². The summed E-state index contributed by atoms with van der Waals surface area (Å²) in [5, 5.41) is 4.52. The molecule has 1 unspecified atom stereocenters. The van der Waals surface area contributed by atoms with Gasteiger partial charge >= 0.3 is 0 Å². The van der Waals surface area contributed by atoms with E-state index in [0.29, 0.717) is 12.8 Å². The second-order valence-corrected chi connectivity index (χ2v) is 9.97. The fourth-order valence-electron chi connectivity index (χ4n) is 3.31. The van der Waals surface area contributed by atoms with Crippen LogP contribution < -0.4 is 5.32 Å². The minimum absolute atomic E-state index is 0.0537. The van der Waals surface area contributed by atoms with Crippen molar-refractivity contribution in [1.29, 1.82) is 0 Å². The zero-order valence-electron chi connectivity index (χ0n) is 14.4. The topological polar surface area (TPSA) is 63.2 Å². The van der Waals surface area contributed by atoms with Crippen LogP contribution >= 0.6 is 11.3 Å². The van der Waals surface area contributed by atoms with Crippen LogP contribution in [0.1, 0.15) is 48.6 Å². The van der Waals surface area contributed by atoms with Crippen molar-refractivity contribution in [2.24, 2.45) is 0 Å². The van der Waals surface area contributed by atoms with Gasteiger partial charge in [-0.25, -0.2) is 12.8 Å². The van der Waals surface area contributed by atoms with Gasteiger partial charge in [0.1, 0.15) is 5.82 Å². The van der Waals surface area contributed by atoms with Crippen molar-refractivity contribution < 1.29 is 17.6 Å². The summed E-state index contributed by atoms with van der Waals surface area (Å²) in [5.41, 5.74) is 0.765. The van der Waals surface area contributed by atoms with Crippen LogP contribution in [-0.2, 0) is 14.6 Å². The number of rotatable bonds is 7. The minimum Gasteiger partial charge on any atom is -0.344 e. The zero-order chi connectivity index (χ0) is 18.6. The van der Waals surface area contributed by atoms with Crippen LogP contribution in [-0.4, -0.2) is 25.3 Å². The maximum Gasteiger partial charge on any atom is 0.221 e. The molecule has 26 heavy (non-hydrogen) atoms. The Morgan fingerprint density at radius 1 is 1.19 bits per heavy atom. The number of thiophene rings is 1. The van der Waals surface area contributed by atoms with Gasteiger partial charge in [-0.2, -0.15) is 0 Å². The Bertz CT molecular complexity index is 826. The van der Waals surface area contributed by atoms with E-state index in [-0.39, 0.29) is 29.1 Å². The molecule has 1 aromatic carbocycles. The fourth-order valence-corrected chi connectivity index (χ4v) is 5.97. The Labute approximate surface area is 157 Å². The first-order chi connectivity index (χ1) is 12.5. The number of benzene rings is 1. The Kier molecular flexibility index (Phi) is 6.09. The van der Waals surface area contributed by atoms with Gasteiger partial charge < -0.3 is 5.32 Å². The molecule has 1 fully saturated rings. The molecule has 0 spiro atoms. The highest BCUT2D eigenvalue weighted by Gasteiger charge is 2.29. The number of carbonyl (C=O) groups excluding carboxylic acids is 1. The molecule has 1 atom stereocenters.